The van der Waals surface area contributed by atoms with E-state index in [1.54, 1.807) is 6.08 Å². The Morgan fingerprint density at radius 3 is 2.74 bits per heavy atom. The third kappa shape index (κ3) is 4.89. The van der Waals surface area contributed by atoms with Crippen molar-refractivity contribution in [2.24, 2.45) is 5.92 Å². The number of ether oxygens (including phenoxy) is 3. The first kappa shape index (κ1) is 17.7. The maximum absolute atomic E-state index is 11.7. The Hall–Kier alpha value is -1.69. The highest BCUT2D eigenvalue weighted by Crippen LogP contribution is 2.30. The molecule has 3 atom stereocenters. The highest BCUT2D eigenvalue weighted by molar-refractivity contribution is 5.73. The van der Waals surface area contributed by atoms with E-state index >= 15 is 0 Å². The van der Waals surface area contributed by atoms with Gasteiger partial charge in [-0.3, -0.25) is 0 Å². The second-order valence-electron chi connectivity index (χ2n) is 6.06. The summed E-state index contributed by atoms with van der Waals surface area (Å²) in [7, 11) is 0. The van der Waals surface area contributed by atoms with Crippen LogP contribution in [0.25, 0.3) is 0 Å². The van der Waals surface area contributed by atoms with E-state index in [0.717, 1.165) is 5.56 Å². The fourth-order valence-electron chi connectivity index (χ4n) is 2.73. The number of benzene rings is 1. The van der Waals surface area contributed by atoms with Crippen molar-refractivity contribution in [2.45, 2.75) is 44.9 Å². The van der Waals surface area contributed by atoms with Gasteiger partial charge in [0.05, 0.1) is 19.3 Å². The molecule has 0 amide bonds. The van der Waals surface area contributed by atoms with Gasteiger partial charge in [0.25, 0.3) is 0 Å². The molecule has 0 aromatic heterocycles. The topological polar surface area (TPSA) is 65.0 Å². The maximum atomic E-state index is 11.7. The number of carboxylic acid groups (broad SMARTS) is 1. The van der Waals surface area contributed by atoms with Crippen LogP contribution in [0.1, 0.15) is 25.8 Å². The molecule has 1 heterocycles. The van der Waals surface area contributed by atoms with E-state index in [0.29, 0.717) is 13.0 Å². The molecule has 1 N–H and O–H groups in total. The van der Waals surface area contributed by atoms with Gasteiger partial charge in [0, 0.05) is 5.92 Å². The molecule has 1 aromatic rings. The van der Waals surface area contributed by atoms with Gasteiger partial charge in [-0.1, -0.05) is 36.4 Å². The molecule has 2 unspecified atom stereocenters. The van der Waals surface area contributed by atoms with Gasteiger partial charge < -0.3 is 19.3 Å². The number of carbonyl (C=O) groups is 1. The molecule has 0 bridgehead atoms. The average Bonchev–Trinajstić information content (AvgIpc) is 2.51. The number of hydrogen-bond donors (Lipinski definition) is 1. The molecule has 0 saturated carbocycles. The van der Waals surface area contributed by atoms with Gasteiger partial charge in [-0.25, -0.2) is 4.79 Å². The minimum Gasteiger partial charge on any atom is -0.479 e. The Labute approximate surface area is 136 Å². The number of hydrogen-bond acceptors (Lipinski definition) is 4. The van der Waals surface area contributed by atoms with Gasteiger partial charge in [-0.15, -0.1) is 6.58 Å². The molecule has 0 aliphatic carbocycles. The maximum Gasteiger partial charge on any atom is 0.333 e. The molecule has 1 saturated heterocycles. The standard InChI is InChI=1S/C18H24O5/c1-4-14(15-10-11-22-18(2,3)23-15)16(17(19)20)21-12-13-8-6-5-7-9-13/h4-9,14-16H,1,10-12H2,2-3H3,(H,19,20)/t14?,15-,16?/m0/s1. The zero-order valence-corrected chi connectivity index (χ0v) is 13.6. The molecular weight excluding hydrogens is 296 g/mol. The molecule has 23 heavy (non-hydrogen) atoms. The first-order chi connectivity index (χ1) is 10.9. The smallest absolute Gasteiger partial charge is 0.333 e. The molecule has 126 valence electrons. The predicted octanol–water partition coefficient (Wildman–Crippen LogP) is 3.00. The van der Waals surface area contributed by atoms with Gasteiger partial charge in [0.2, 0.25) is 0 Å². The van der Waals surface area contributed by atoms with Crippen LogP contribution in [-0.2, 0) is 25.6 Å². The minimum absolute atomic E-state index is 0.231. The SMILES string of the molecule is C=CC(C(OCc1ccccc1)C(=O)O)[C@@H]1CCOC(C)(C)O1. The number of rotatable bonds is 7. The van der Waals surface area contributed by atoms with E-state index in [4.69, 9.17) is 14.2 Å². The molecular formula is C18H24O5. The normalized spacial score (nSPS) is 23.0. The van der Waals surface area contributed by atoms with Gasteiger partial charge >= 0.3 is 5.97 Å². The third-order valence-electron chi connectivity index (χ3n) is 3.85. The molecule has 2 rings (SSSR count). The van der Waals surface area contributed by atoms with Crippen LogP contribution in [0.3, 0.4) is 0 Å². The summed E-state index contributed by atoms with van der Waals surface area (Å²) < 4.78 is 17.1. The Kier molecular flexibility index (Phi) is 5.93. The zero-order valence-electron chi connectivity index (χ0n) is 13.6. The van der Waals surface area contributed by atoms with E-state index in [1.165, 1.54) is 0 Å². The van der Waals surface area contributed by atoms with Crippen LogP contribution in [0.2, 0.25) is 0 Å². The van der Waals surface area contributed by atoms with Crippen LogP contribution in [0.15, 0.2) is 43.0 Å². The molecule has 5 nitrogen and oxygen atoms in total. The summed E-state index contributed by atoms with van der Waals surface area (Å²) in [5.74, 6) is -2.19. The quantitative estimate of drug-likeness (QED) is 0.782. The van der Waals surface area contributed by atoms with E-state index in [9.17, 15) is 9.90 Å². The Morgan fingerprint density at radius 2 is 2.17 bits per heavy atom. The lowest BCUT2D eigenvalue weighted by Gasteiger charge is -2.40. The second-order valence-corrected chi connectivity index (χ2v) is 6.06. The Morgan fingerprint density at radius 1 is 1.48 bits per heavy atom. The Bertz CT molecular complexity index is 525. The zero-order chi connectivity index (χ0) is 16.9. The Balaban J connectivity index is 2.07. The first-order valence-corrected chi connectivity index (χ1v) is 7.75. The van der Waals surface area contributed by atoms with E-state index < -0.39 is 23.8 Å². The first-order valence-electron chi connectivity index (χ1n) is 7.75. The van der Waals surface area contributed by atoms with Crippen molar-refractivity contribution in [2.75, 3.05) is 6.61 Å². The average molecular weight is 320 g/mol. The number of aliphatic carboxylic acids is 1. The van der Waals surface area contributed by atoms with Gasteiger partial charge in [0.1, 0.15) is 0 Å². The minimum atomic E-state index is -1.02. The van der Waals surface area contributed by atoms with Crippen LogP contribution in [0, 0.1) is 5.92 Å². The van der Waals surface area contributed by atoms with Crippen LogP contribution < -0.4 is 0 Å². The summed E-state index contributed by atoms with van der Waals surface area (Å²) in [6.07, 6.45) is 0.911. The molecule has 1 aliphatic rings. The van der Waals surface area contributed by atoms with Crippen LogP contribution >= 0.6 is 0 Å². The molecule has 1 aliphatic heterocycles. The van der Waals surface area contributed by atoms with Gasteiger partial charge in [0.15, 0.2) is 11.9 Å². The number of carboxylic acids is 1. The lowest BCUT2D eigenvalue weighted by atomic mass is 9.92. The van der Waals surface area contributed by atoms with Crippen molar-refractivity contribution in [3.63, 3.8) is 0 Å². The molecule has 1 fully saturated rings. The lowest BCUT2D eigenvalue weighted by molar-refractivity contribution is -0.284. The molecule has 0 spiro atoms. The summed E-state index contributed by atoms with van der Waals surface area (Å²) in [5.41, 5.74) is 0.926. The van der Waals surface area contributed by atoms with Crippen LogP contribution in [0.5, 0.6) is 0 Å². The highest BCUT2D eigenvalue weighted by atomic mass is 16.7. The van der Waals surface area contributed by atoms with E-state index in [-0.39, 0.29) is 12.7 Å². The summed E-state index contributed by atoms with van der Waals surface area (Å²) in [5, 5.41) is 9.55. The van der Waals surface area contributed by atoms with Crippen LogP contribution in [0.4, 0.5) is 0 Å². The predicted molar refractivity (Wildman–Crippen MR) is 85.9 cm³/mol. The fourth-order valence-corrected chi connectivity index (χ4v) is 2.73. The van der Waals surface area contributed by atoms with Gasteiger partial charge in [-0.05, 0) is 25.8 Å². The van der Waals surface area contributed by atoms with Gasteiger partial charge in [-0.2, -0.15) is 0 Å². The molecule has 5 heteroatoms. The lowest BCUT2D eigenvalue weighted by Crippen LogP contribution is -2.47. The largest absolute Gasteiger partial charge is 0.479 e. The van der Waals surface area contributed by atoms with Crippen molar-refractivity contribution in [3.05, 3.63) is 48.6 Å². The van der Waals surface area contributed by atoms with Crippen molar-refractivity contribution >= 4 is 5.97 Å². The van der Waals surface area contributed by atoms with E-state index in [1.807, 2.05) is 44.2 Å². The second kappa shape index (κ2) is 7.73. The summed E-state index contributed by atoms with van der Waals surface area (Å²) >= 11 is 0. The molecule has 0 radical (unpaired) electrons. The van der Waals surface area contributed by atoms with E-state index in [2.05, 4.69) is 6.58 Å². The summed E-state index contributed by atoms with van der Waals surface area (Å²) in [6, 6.07) is 9.49. The summed E-state index contributed by atoms with van der Waals surface area (Å²) in [4.78, 5) is 11.7. The highest BCUT2D eigenvalue weighted by Gasteiger charge is 2.39. The summed E-state index contributed by atoms with van der Waals surface area (Å²) in [6.45, 7) is 8.17. The van der Waals surface area contributed by atoms with Crippen molar-refractivity contribution in [1.29, 1.82) is 0 Å². The van der Waals surface area contributed by atoms with Crippen LogP contribution in [-0.4, -0.2) is 35.7 Å². The van der Waals surface area contributed by atoms with Crippen molar-refractivity contribution in [3.8, 4) is 0 Å². The monoisotopic (exact) mass is 320 g/mol. The molecule has 1 aromatic carbocycles. The third-order valence-corrected chi connectivity index (χ3v) is 3.85. The van der Waals surface area contributed by atoms with Crippen molar-refractivity contribution < 1.29 is 24.1 Å². The van der Waals surface area contributed by atoms with Crippen molar-refractivity contribution in [1.82, 2.24) is 0 Å². The fraction of sp³-hybridized carbons (Fsp3) is 0.500.